The van der Waals surface area contributed by atoms with Crippen LogP contribution in [0.1, 0.15) is 26.7 Å². The van der Waals surface area contributed by atoms with E-state index >= 15 is 0 Å². The van der Waals surface area contributed by atoms with Crippen LogP contribution in [0.25, 0.3) is 0 Å². The van der Waals surface area contributed by atoms with Crippen LogP contribution in [0.15, 0.2) is 0 Å². The summed E-state index contributed by atoms with van der Waals surface area (Å²) in [6.07, 6.45) is 1.87. The molecule has 0 aliphatic heterocycles. The van der Waals surface area contributed by atoms with Gasteiger partial charge in [0.2, 0.25) is 0 Å². The van der Waals surface area contributed by atoms with Crippen LogP contribution in [0, 0.1) is 0 Å². The molecule has 0 saturated carbocycles. The van der Waals surface area contributed by atoms with Gasteiger partial charge in [-0.1, -0.05) is 13.8 Å². The number of rotatable bonds is 7. The molecule has 0 aromatic rings. The SMILES string of the molecule is CCC(CC)(COCCO)OC. The van der Waals surface area contributed by atoms with Crippen molar-refractivity contribution in [1.82, 2.24) is 0 Å². The third-order valence-corrected chi connectivity index (χ3v) is 2.32. The van der Waals surface area contributed by atoms with Gasteiger partial charge in [-0.2, -0.15) is 0 Å². The average molecular weight is 176 g/mol. The van der Waals surface area contributed by atoms with Gasteiger partial charge in [0, 0.05) is 7.11 Å². The summed E-state index contributed by atoms with van der Waals surface area (Å²) in [6.45, 7) is 5.19. The maximum atomic E-state index is 8.52. The second-order valence-corrected chi connectivity index (χ2v) is 2.87. The Morgan fingerprint density at radius 1 is 1.25 bits per heavy atom. The topological polar surface area (TPSA) is 38.7 Å². The first kappa shape index (κ1) is 11.9. The summed E-state index contributed by atoms with van der Waals surface area (Å²) < 4.78 is 10.6. The molecule has 0 spiro atoms. The molecular formula is C9H20O3. The van der Waals surface area contributed by atoms with E-state index in [1.165, 1.54) is 0 Å². The third kappa shape index (κ3) is 3.52. The van der Waals surface area contributed by atoms with Gasteiger partial charge in [-0.3, -0.25) is 0 Å². The lowest BCUT2D eigenvalue weighted by Gasteiger charge is -2.29. The standard InChI is InChI=1S/C9H20O3/c1-4-9(5-2,11-3)8-12-7-6-10/h10H,4-8H2,1-3H3. The molecule has 74 valence electrons. The third-order valence-electron chi connectivity index (χ3n) is 2.32. The summed E-state index contributed by atoms with van der Waals surface area (Å²) in [5.74, 6) is 0. The fraction of sp³-hybridized carbons (Fsp3) is 1.00. The Morgan fingerprint density at radius 2 is 1.83 bits per heavy atom. The van der Waals surface area contributed by atoms with Crippen LogP contribution >= 0.6 is 0 Å². The van der Waals surface area contributed by atoms with E-state index in [0.29, 0.717) is 13.2 Å². The minimum atomic E-state index is -0.158. The molecule has 3 nitrogen and oxygen atoms in total. The van der Waals surface area contributed by atoms with Gasteiger partial charge in [-0.25, -0.2) is 0 Å². The maximum absolute atomic E-state index is 8.52. The second kappa shape index (κ2) is 6.40. The monoisotopic (exact) mass is 176 g/mol. The molecule has 0 radical (unpaired) electrons. The van der Waals surface area contributed by atoms with E-state index in [0.717, 1.165) is 12.8 Å². The van der Waals surface area contributed by atoms with Gasteiger partial charge in [0.05, 0.1) is 25.4 Å². The average Bonchev–Trinajstić information content (AvgIpc) is 2.14. The summed E-state index contributed by atoms with van der Waals surface area (Å²) in [4.78, 5) is 0. The van der Waals surface area contributed by atoms with Crippen molar-refractivity contribution in [3.63, 3.8) is 0 Å². The van der Waals surface area contributed by atoms with Crippen LogP contribution in [0.5, 0.6) is 0 Å². The van der Waals surface area contributed by atoms with E-state index in [4.69, 9.17) is 14.6 Å². The Hall–Kier alpha value is -0.120. The van der Waals surface area contributed by atoms with E-state index in [9.17, 15) is 0 Å². The van der Waals surface area contributed by atoms with Gasteiger partial charge in [-0.15, -0.1) is 0 Å². The Morgan fingerprint density at radius 3 is 2.17 bits per heavy atom. The molecule has 0 heterocycles. The zero-order valence-electron chi connectivity index (χ0n) is 8.30. The van der Waals surface area contributed by atoms with Crippen molar-refractivity contribution < 1.29 is 14.6 Å². The van der Waals surface area contributed by atoms with Gasteiger partial charge in [-0.05, 0) is 12.8 Å². The summed E-state index contributed by atoms with van der Waals surface area (Å²) in [5, 5.41) is 8.52. The lowest BCUT2D eigenvalue weighted by atomic mass is 9.98. The first-order valence-electron chi connectivity index (χ1n) is 4.48. The quantitative estimate of drug-likeness (QED) is 0.592. The summed E-state index contributed by atoms with van der Waals surface area (Å²) in [5.41, 5.74) is -0.158. The minimum absolute atomic E-state index is 0.0766. The fourth-order valence-electron chi connectivity index (χ4n) is 1.12. The molecule has 0 amide bonds. The first-order chi connectivity index (χ1) is 5.74. The highest BCUT2D eigenvalue weighted by molar-refractivity contribution is 4.76. The zero-order valence-corrected chi connectivity index (χ0v) is 8.30. The lowest BCUT2D eigenvalue weighted by Crippen LogP contribution is -2.35. The molecule has 0 aromatic heterocycles. The summed E-state index contributed by atoms with van der Waals surface area (Å²) in [7, 11) is 1.70. The number of hydrogen-bond donors (Lipinski definition) is 1. The van der Waals surface area contributed by atoms with Gasteiger partial charge >= 0.3 is 0 Å². The molecule has 0 unspecified atom stereocenters. The fourth-order valence-corrected chi connectivity index (χ4v) is 1.12. The predicted molar refractivity (Wildman–Crippen MR) is 48.2 cm³/mol. The van der Waals surface area contributed by atoms with Gasteiger partial charge in [0.25, 0.3) is 0 Å². The van der Waals surface area contributed by atoms with Crippen molar-refractivity contribution in [3.8, 4) is 0 Å². The van der Waals surface area contributed by atoms with Crippen LogP contribution in [0.4, 0.5) is 0 Å². The van der Waals surface area contributed by atoms with E-state index in [2.05, 4.69) is 13.8 Å². The van der Waals surface area contributed by atoms with Gasteiger partial charge < -0.3 is 14.6 Å². The van der Waals surface area contributed by atoms with Crippen LogP contribution in [-0.4, -0.2) is 37.6 Å². The second-order valence-electron chi connectivity index (χ2n) is 2.87. The number of aliphatic hydroxyl groups excluding tert-OH is 1. The Balaban J connectivity index is 3.76. The molecule has 3 heteroatoms. The van der Waals surface area contributed by atoms with Gasteiger partial charge in [0.15, 0.2) is 0 Å². The van der Waals surface area contributed by atoms with Crippen LogP contribution in [0.2, 0.25) is 0 Å². The van der Waals surface area contributed by atoms with E-state index in [1.54, 1.807) is 7.11 Å². The van der Waals surface area contributed by atoms with E-state index in [1.807, 2.05) is 0 Å². The highest BCUT2D eigenvalue weighted by Gasteiger charge is 2.25. The first-order valence-corrected chi connectivity index (χ1v) is 4.48. The van der Waals surface area contributed by atoms with Crippen molar-refractivity contribution in [2.75, 3.05) is 26.9 Å². The Kier molecular flexibility index (Phi) is 6.34. The zero-order chi connectivity index (χ0) is 9.45. The summed E-state index contributed by atoms with van der Waals surface area (Å²) >= 11 is 0. The molecule has 0 atom stereocenters. The molecule has 0 rings (SSSR count). The summed E-state index contributed by atoms with van der Waals surface area (Å²) in [6, 6.07) is 0. The Bertz CT molecular complexity index is 91.7. The molecule has 0 bridgehead atoms. The van der Waals surface area contributed by atoms with Crippen LogP contribution in [-0.2, 0) is 9.47 Å². The predicted octanol–water partition coefficient (Wildman–Crippen LogP) is 1.20. The van der Waals surface area contributed by atoms with Gasteiger partial charge in [0.1, 0.15) is 0 Å². The normalized spacial score (nSPS) is 12.0. The molecule has 0 aromatic carbocycles. The molecule has 0 aliphatic carbocycles. The minimum Gasteiger partial charge on any atom is -0.394 e. The maximum Gasteiger partial charge on any atom is 0.0905 e. The molecule has 0 aliphatic rings. The van der Waals surface area contributed by atoms with Crippen molar-refractivity contribution in [2.45, 2.75) is 32.3 Å². The van der Waals surface area contributed by atoms with E-state index in [-0.39, 0.29) is 12.2 Å². The number of aliphatic hydroxyl groups is 1. The highest BCUT2D eigenvalue weighted by Crippen LogP contribution is 2.19. The smallest absolute Gasteiger partial charge is 0.0905 e. The largest absolute Gasteiger partial charge is 0.394 e. The molecular weight excluding hydrogens is 156 g/mol. The number of methoxy groups -OCH3 is 1. The van der Waals surface area contributed by atoms with Crippen molar-refractivity contribution >= 4 is 0 Å². The lowest BCUT2D eigenvalue weighted by molar-refractivity contribution is -0.0836. The van der Waals surface area contributed by atoms with Crippen molar-refractivity contribution in [3.05, 3.63) is 0 Å². The van der Waals surface area contributed by atoms with Crippen molar-refractivity contribution in [1.29, 1.82) is 0 Å². The van der Waals surface area contributed by atoms with Crippen LogP contribution < -0.4 is 0 Å². The van der Waals surface area contributed by atoms with E-state index < -0.39 is 0 Å². The number of hydrogen-bond acceptors (Lipinski definition) is 3. The molecule has 12 heavy (non-hydrogen) atoms. The number of ether oxygens (including phenoxy) is 2. The van der Waals surface area contributed by atoms with Crippen LogP contribution in [0.3, 0.4) is 0 Å². The molecule has 0 saturated heterocycles. The van der Waals surface area contributed by atoms with Crippen molar-refractivity contribution in [2.24, 2.45) is 0 Å². The molecule has 0 fully saturated rings. The highest BCUT2D eigenvalue weighted by atomic mass is 16.5. The molecule has 1 N–H and O–H groups in total. The Labute approximate surface area is 74.7 Å².